The molecule has 2 N–H and O–H groups in total. The molecule has 68 valence electrons. The van der Waals surface area contributed by atoms with Gasteiger partial charge < -0.3 is 10.0 Å². The molecule has 0 spiro atoms. The Balaban J connectivity index is 3.21. The van der Waals surface area contributed by atoms with Gasteiger partial charge in [0.1, 0.15) is 0 Å². The summed E-state index contributed by atoms with van der Waals surface area (Å²) in [5.74, 6) is 0. The standard InChI is InChI=1S/C9H21NO/c1-4-10(5-2)8-6-7-9(3)11/h9,11H,4-8H2,1-3H3/p+1/t9-/m0/s1. The van der Waals surface area contributed by atoms with Gasteiger partial charge in [-0.1, -0.05) is 0 Å². The molecule has 0 aliphatic carbocycles. The van der Waals surface area contributed by atoms with Gasteiger partial charge in [-0.05, 0) is 33.6 Å². The summed E-state index contributed by atoms with van der Waals surface area (Å²) >= 11 is 0. The fraction of sp³-hybridized carbons (Fsp3) is 1.00. The first-order chi connectivity index (χ1) is 5.20. The zero-order valence-electron chi connectivity index (χ0n) is 8.06. The molecular formula is C9H22NO+. The molecule has 0 amide bonds. The summed E-state index contributed by atoms with van der Waals surface area (Å²) < 4.78 is 0. The van der Waals surface area contributed by atoms with Gasteiger partial charge in [0.2, 0.25) is 0 Å². The van der Waals surface area contributed by atoms with E-state index in [0.717, 1.165) is 12.8 Å². The van der Waals surface area contributed by atoms with E-state index in [2.05, 4.69) is 13.8 Å². The Morgan fingerprint density at radius 3 is 2.18 bits per heavy atom. The molecule has 0 radical (unpaired) electrons. The molecule has 0 saturated carbocycles. The van der Waals surface area contributed by atoms with Gasteiger partial charge in [-0.2, -0.15) is 0 Å². The van der Waals surface area contributed by atoms with Crippen LogP contribution in [0.4, 0.5) is 0 Å². The molecule has 0 heterocycles. The van der Waals surface area contributed by atoms with Gasteiger partial charge >= 0.3 is 0 Å². The molecule has 0 bridgehead atoms. The summed E-state index contributed by atoms with van der Waals surface area (Å²) in [5, 5.41) is 9.00. The molecule has 0 aliphatic heterocycles. The molecule has 0 unspecified atom stereocenters. The van der Waals surface area contributed by atoms with Crippen molar-refractivity contribution in [1.29, 1.82) is 0 Å². The summed E-state index contributed by atoms with van der Waals surface area (Å²) in [4.78, 5) is 1.63. The van der Waals surface area contributed by atoms with E-state index in [-0.39, 0.29) is 6.10 Å². The first kappa shape index (κ1) is 10.9. The first-order valence-corrected chi connectivity index (χ1v) is 4.72. The van der Waals surface area contributed by atoms with Crippen LogP contribution in [0, 0.1) is 0 Å². The van der Waals surface area contributed by atoms with Crippen LogP contribution in [-0.4, -0.2) is 30.8 Å². The second-order valence-corrected chi connectivity index (χ2v) is 3.20. The first-order valence-electron chi connectivity index (χ1n) is 4.72. The van der Waals surface area contributed by atoms with E-state index < -0.39 is 0 Å². The number of quaternary nitrogens is 1. The van der Waals surface area contributed by atoms with Crippen molar-refractivity contribution in [2.75, 3.05) is 19.6 Å². The van der Waals surface area contributed by atoms with E-state index >= 15 is 0 Å². The summed E-state index contributed by atoms with van der Waals surface area (Å²) in [6.07, 6.45) is 1.98. The topological polar surface area (TPSA) is 24.7 Å². The average Bonchev–Trinajstić information content (AvgIpc) is 1.98. The van der Waals surface area contributed by atoms with Gasteiger partial charge in [0.05, 0.1) is 25.7 Å². The molecule has 1 atom stereocenters. The van der Waals surface area contributed by atoms with Crippen LogP contribution in [0.1, 0.15) is 33.6 Å². The molecule has 2 nitrogen and oxygen atoms in total. The molecule has 0 aliphatic rings. The lowest BCUT2D eigenvalue weighted by Gasteiger charge is -2.15. The molecule has 0 aromatic rings. The second kappa shape index (κ2) is 6.62. The van der Waals surface area contributed by atoms with Crippen LogP contribution in [-0.2, 0) is 0 Å². The van der Waals surface area contributed by atoms with Crippen LogP contribution in [0.5, 0.6) is 0 Å². The van der Waals surface area contributed by atoms with Crippen LogP contribution in [0.25, 0.3) is 0 Å². The zero-order chi connectivity index (χ0) is 8.69. The van der Waals surface area contributed by atoms with Crippen LogP contribution >= 0.6 is 0 Å². The minimum atomic E-state index is -0.120. The molecule has 0 aromatic carbocycles. The van der Waals surface area contributed by atoms with Crippen LogP contribution in [0.15, 0.2) is 0 Å². The maximum absolute atomic E-state index is 9.00. The average molecular weight is 160 g/mol. The van der Waals surface area contributed by atoms with Crippen LogP contribution in [0.2, 0.25) is 0 Å². The molecule has 0 aromatic heterocycles. The maximum Gasteiger partial charge on any atom is 0.0771 e. The van der Waals surface area contributed by atoms with Gasteiger partial charge in [-0.25, -0.2) is 0 Å². The monoisotopic (exact) mass is 160 g/mol. The Morgan fingerprint density at radius 1 is 1.27 bits per heavy atom. The lowest BCUT2D eigenvalue weighted by molar-refractivity contribution is -0.896. The summed E-state index contributed by atoms with van der Waals surface area (Å²) in [5.41, 5.74) is 0. The van der Waals surface area contributed by atoms with Gasteiger partial charge in [-0.3, -0.25) is 0 Å². The van der Waals surface area contributed by atoms with E-state index in [4.69, 9.17) is 5.11 Å². The van der Waals surface area contributed by atoms with Crippen molar-refractivity contribution in [3.63, 3.8) is 0 Å². The van der Waals surface area contributed by atoms with Crippen molar-refractivity contribution in [1.82, 2.24) is 0 Å². The van der Waals surface area contributed by atoms with E-state index in [9.17, 15) is 0 Å². The molecular weight excluding hydrogens is 138 g/mol. The molecule has 0 saturated heterocycles. The number of hydrogen-bond acceptors (Lipinski definition) is 1. The van der Waals surface area contributed by atoms with E-state index in [0.29, 0.717) is 0 Å². The Morgan fingerprint density at radius 2 is 1.82 bits per heavy atom. The number of aliphatic hydroxyl groups excluding tert-OH is 1. The predicted octanol–water partition coefficient (Wildman–Crippen LogP) is 0.0721. The fourth-order valence-corrected chi connectivity index (χ4v) is 1.25. The third-order valence-corrected chi connectivity index (χ3v) is 2.15. The van der Waals surface area contributed by atoms with Crippen molar-refractivity contribution >= 4 is 0 Å². The van der Waals surface area contributed by atoms with Crippen molar-refractivity contribution in [3.8, 4) is 0 Å². The second-order valence-electron chi connectivity index (χ2n) is 3.20. The predicted molar refractivity (Wildman–Crippen MR) is 47.8 cm³/mol. The van der Waals surface area contributed by atoms with Crippen molar-refractivity contribution in [2.24, 2.45) is 0 Å². The minimum Gasteiger partial charge on any atom is -0.393 e. The highest BCUT2D eigenvalue weighted by molar-refractivity contribution is 4.44. The normalized spacial score (nSPS) is 13.9. The largest absolute Gasteiger partial charge is 0.393 e. The molecule has 0 fully saturated rings. The summed E-state index contributed by atoms with van der Waals surface area (Å²) in [7, 11) is 0. The van der Waals surface area contributed by atoms with Crippen LogP contribution in [0.3, 0.4) is 0 Å². The lowest BCUT2D eigenvalue weighted by atomic mass is 10.2. The van der Waals surface area contributed by atoms with Gasteiger partial charge in [-0.15, -0.1) is 0 Å². The Hall–Kier alpha value is -0.0800. The molecule has 2 heteroatoms. The quantitative estimate of drug-likeness (QED) is 0.565. The highest BCUT2D eigenvalue weighted by Crippen LogP contribution is 1.91. The minimum absolute atomic E-state index is 0.120. The summed E-state index contributed by atoms with van der Waals surface area (Å²) in [6.45, 7) is 9.89. The van der Waals surface area contributed by atoms with Gasteiger partial charge in [0, 0.05) is 0 Å². The lowest BCUT2D eigenvalue weighted by Crippen LogP contribution is -3.11. The maximum atomic E-state index is 9.00. The van der Waals surface area contributed by atoms with Crippen molar-refractivity contribution in [3.05, 3.63) is 0 Å². The highest BCUT2D eigenvalue weighted by atomic mass is 16.3. The smallest absolute Gasteiger partial charge is 0.0771 e. The third kappa shape index (κ3) is 6.32. The Bertz CT molecular complexity index is 79.6. The van der Waals surface area contributed by atoms with E-state index in [1.54, 1.807) is 4.90 Å². The number of hydrogen-bond donors (Lipinski definition) is 2. The van der Waals surface area contributed by atoms with Crippen molar-refractivity contribution < 1.29 is 10.0 Å². The Kier molecular flexibility index (Phi) is 6.57. The number of nitrogens with one attached hydrogen (secondary N) is 1. The fourth-order valence-electron chi connectivity index (χ4n) is 1.25. The van der Waals surface area contributed by atoms with Crippen molar-refractivity contribution in [2.45, 2.75) is 39.7 Å². The summed E-state index contributed by atoms with van der Waals surface area (Å²) in [6, 6.07) is 0. The van der Waals surface area contributed by atoms with Gasteiger partial charge in [0.25, 0.3) is 0 Å². The zero-order valence-corrected chi connectivity index (χ0v) is 8.06. The van der Waals surface area contributed by atoms with E-state index in [1.165, 1.54) is 19.6 Å². The Labute approximate surface area is 70.2 Å². The van der Waals surface area contributed by atoms with Crippen LogP contribution < -0.4 is 4.90 Å². The van der Waals surface area contributed by atoms with E-state index in [1.807, 2.05) is 6.92 Å². The molecule has 0 rings (SSSR count). The van der Waals surface area contributed by atoms with Gasteiger partial charge in [0.15, 0.2) is 0 Å². The SMILES string of the molecule is CC[NH+](CC)CCC[C@H](C)O. The number of rotatable bonds is 6. The third-order valence-electron chi connectivity index (χ3n) is 2.15. The highest BCUT2D eigenvalue weighted by Gasteiger charge is 2.02. The number of aliphatic hydroxyl groups is 1. The molecule has 11 heavy (non-hydrogen) atoms.